The Balaban J connectivity index is 1.70. The van der Waals surface area contributed by atoms with Crippen molar-refractivity contribution in [3.63, 3.8) is 0 Å². The molecule has 0 unspecified atom stereocenters. The molecule has 0 saturated heterocycles. The molecule has 0 atom stereocenters. The van der Waals surface area contributed by atoms with E-state index < -0.39 is 11.7 Å². The molecule has 10 heteroatoms. The first-order chi connectivity index (χ1) is 18.1. The zero-order valence-corrected chi connectivity index (χ0v) is 21.8. The van der Waals surface area contributed by atoms with Crippen molar-refractivity contribution >= 4 is 28.8 Å². The van der Waals surface area contributed by atoms with Crippen LogP contribution in [0, 0.1) is 0 Å². The van der Waals surface area contributed by atoms with E-state index in [1.807, 2.05) is 38.1 Å². The molecular weight excluding hydrogens is 536 g/mol. The van der Waals surface area contributed by atoms with Crippen LogP contribution in [0.3, 0.4) is 0 Å². The van der Waals surface area contributed by atoms with Crippen LogP contribution in [0.25, 0.3) is 27.9 Å². The van der Waals surface area contributed by atoms with Gasteiger partial charge in [0.15, 0.2) is 11.5 Å². The lowest BCUT2D eigenvalue weighted by molar-refractivity contribution is -0.137. The van der Waals surface area contributed by atoms with E-state index in [9.17, 15) is 13.2 Å². The number of ether oxygens (including phenoxy) is 1. The molecule has 0 fully saturated rings. The van der Waals surface area contributed by atoms with E-state index in [1.165, 1.54) is 12.1 Å². The number of hydrogen-bond donors (Lipinski definition) is 0. The molecule has 2 heterocycles. The lowest BCUT2D eigenvalue weighted by Gasteiger charge is -2.17. The highest BCUT2D eigenvalue weighted by molar-refractivity contribution is 6.31. The van der Waals surface area contributed by atoms with Gasteiger partial charge in [0.2, 0.25) is 5.88 Å². The Kier molecular flexibility index (Phi) is 7.03. The number of rotatable bonds is 6. The molecule has 0 N–H and O–H groups in total. The number of hydrogen-bond acceptors (Lipinski definition) is 4. The van der Waals surface area contributed by atoms with Gasteiger partial charge in [0, 0.05) is 21.5 Å². The van der Waals surface area contributed by atoms with Crippen LogP contribution in [0.1, 0.15) is 36.7 Å². The van der Waals surface area contributed by atoms with Gasteiger partial charge < -0.3 is 4.74 Å². The first-order valence-electron chi connectivity index (χ1n) is 11.7. The Morgan fingerprint density at radius 1 is 0.789 bits per heavy atom. The number of fused-ring (bicyclic) bond motifs is 1. The predicted molar refractivity (Wildman–Crippen MR) is 142 cm³/mol. The monoisotopic (exact) mass is 556 g/mol. The van der Waals surface area contributed by atoms with Gasteiger partial charge in [-0.1, -0.05) is 73.4 Å². The Morgan fingerprint density at radius 2 is 1.34 bits per heavy atom. The fourth-order valence-electron chi connectivity index (χ4n) is 4.08. The van der Waals surface area contributed by atoms with Crippen LogP contribution in [-0.4, -0.2) is 19.8 Å². The van der Waals surface area contributed by atoms with Gasteiger partial charge in [0.05, 0.1) is 11.1 Å². The lowest BCUT2D eigenvalue weighted by atomic mass is 9.96. The second-order valence-corrected chi connectivity index (χ2v) is 9.87. The third kappa shape index (κ3) is 5.19. The normalized spacial score (nSPS) is 11.9. The summed E-state index contributed by atoms with van der Waals surface area (Å²) in [5.74, 6) is 0.920. The van der Waals surface area contributed by atoms with Crippen LogP contribution in [-0.2, 0) is 12.8 Å². The average molecular weight is 557 g/mol. The Labute approximate surface area is 226 Å². The highest BCUT2D eigenvalue weighted by Crippen LogP contribution is 2.41. The number of benzene rings is 3. The molecule has 3 aromatic carbocycles. The molecule has 0 bridgehead atoms. The van der Waals surface area contributed by atoms with E-state index >= 15 is 0 Å². The molecule has 5 nitrogen and oxygen atoms in total. The van der Waals surface area contributed by atoms with Crippen LogP contribution in [0.2, 0.25) is 10.0 Å². The van der Waals surface area contributed by atoms with Gasteiger partial charge in [-0.05, 0) is 53.1 Å². The molecule has 0 spiro atoms. The highest BCUT2D eigenvalue weighted by Gasteiger charge is 2.30. The van der Waals surface area contributed by atoms with Crippen LogP contribution in [0.5, 0.6) is 5.88 Å². The molecule has 38 heavy (non-hydrogen) atoms. The fraction of sp³-hybridized carbons (Fsp3) is 0.179. The van der Waals surface area contributed by atoms with Crippen molar-refractivity contribution in [3.05, 3.63) is 99.8 Å². The van der Waals surface area contributed by atoms with Crippen LogP contribution >= 0.6 is 23.2 Å². The molecule has 0 aliphatic heterocycles. The fourth-order valence-corrected chi connectivity index (χ4v) is 4.33. The van der Waals surface area contributed by atoms with Gasteiger partial charge in [-0.25, -0.2) is 0 Å². The van der Waals surface area contributed by atoms with E-state index in [0.717, 1.165) is 28.8 Å². The predicted octanol–water partition coefficient (Wildman–Crippen LogP) is 8.49. The largest absolute Gasteiger partial charge is 0.471 e. The summed E-state index contributed by atoms with van der Waals surface area (Å²) in [7, 11) is 0. The molecule has 0 saturated carbocycles. The molecule has 194 valence electrons. The van der Waals surface area contributed by atoms with Gasteiger partial charge in [0.1, 0.15) is 6.61 Å². The van der Waals surface area contributed by atoms with E-state index in [4.69, 9.17) is 33.0 Å². The maximum absolute atomic E-state index is 13.0. The Bertz CT molecular complexity index is 1580. The molecule has 5 rings (SSSR count). The van der Waals surface area contributed by atoms with Crippen molar-refractivity contribution in [2.45, 2.75) is 32.5 Å². The second kappa shape index (κ2) is 10.3. The number of aromatic nitrogens is 4. The smallest absolute Gasteiger partial charge is 0.416 e. The molecule has 0 amide bonds. The highest BCUT2D eigenvalue weighted by atomic mass is 35.5. The minimum Gasteiger partial charge on any atom is -0.471 e. The standard InChI is InChI=1S/C28H21Cl2F3N4O/c1-16(2)25-34-35-26-23(18-5-11-21(29)12-6-18)24(19-7-13-22(30)14-8-19)27(36-37(25)26)38-15-17-3-9-20(10-4-17)28(31,32)33/h3-14,16H,15H2,1-2H3. The van der Waals surface area contributed by atoms with Gasteiger partial charge in [0.25, 0.3) is 0 Å². The number of halogens is 5. The van der Waals surface area contributed by atoms with Crippen LogP contribution in [0.4, 0.5) is 13.2 Å². The molecule has 0 aliphatic carbocycles. The van der Waals surface area contributed by atoms with Crippen molar-refractivity contribution in [2.75, 3.05) is 0 Å². The summed E-state index contributed by atoms with van der Waals surface area (Å²) < 4.78 is 46.9. The summed E-state index contributed by atoms with van der Waals surface area (Å²) in [6.45, 7) is 3.96. The van der Waals surface area contributed by atoms with Crippen molar-refractivity contribution in [1.29, 1.82) is 0 Å². The summed E-state index contributed by atoms with van der Waals surface area (Å²) in [5.41, 5.74) is 3.32. The second-order valence-electron chi connectivity index (χ2n) is 9.00. The number of alkyl halides is 3. The third-order valence-corrected chi connectivity index (χ3v) is 6.49. The molecule has 2 aromatic heterocycles. The van der Waals surface area contributed by atoms with Gasteiger partial charge >= 0.3 is 6.18 Å². The topological polar surface area (TPSA) is 52.3 Å². The van der Waals surface area contributed by atoms with E-state index in [0.29, 0.717) is 32.6 Å². The minimum atomic E-state index is -4.41. The lowest BCUT2D eigenvalue weighted by Crippen LogP contribution is -2.08. The maximum Gasteiger partial charge on any atom is 0.416 e. The van der Waals surface area contributed by atoms with Crippen molar-refractivity contribution < 1.29 is 17.9 Å². The summed E-state index contributed by atoms with van der Waals surface area (Å²) in [6.07, 6.45) is -4.41. The van der Waals surface area contributed by atoms with Gasteiger partial charge in [-0.15, -0.1) is 15.3 Å². The van der Waals surface area contributed by atoms with Crippen LogP contribution in [0.15, 0.2) is 72.8 Å². The SMILES string of the molecule is CC(C)c1nnc2c(-c3ccc(Cl)cc3)c(-c3ccc(Cl)cc3)c(OCc3ccc(C(F)(F)F)cc3)nn12. The summed E-state index contributed by atoms with van der Waals surface area (Å²) in [4.78, 5) is 0. The van der Waals surface area contributed by atoms with Crippen molar-refractivity contribution in [1.82, 2.24) is 19.8 Å². The molecule has 0 radical (unpaired) electrons. The zero-order valence-electron chi connectivity index (χ0n) is 20.3. The van der Waals surface area contributed by atoms with Crippen molar-refractivity contribution in [3.8, 4) is 28.1 Å². The minimum absolute atomic E-state index is 0.00354. The molecule has 0 aliphatic rings. The molecular formula is C28H21Cl2F3N4O. The average Bonchev–Trinajstić information content (AvgIpc) is 3.31. The quantitative estimate of drug-likeness (QED) is 0.210. The Morgan fingerprint density at radius 3 is 1.87 bits per heavy atom. The third-order valence-electron chi connectivity index (χ3n) is 5.98. The zero-order chi connectivity index (χ0) is 27.0. The van der Waals surface area contributed by atoms with E-state index in [1.54, 1.807) is 28.8 Å². The summed E-state index contributed by atoms with van der Waals surface area (Å²) in [6, 6.07) is 19.4. The Hall–Kier alpha value is -3.62. The first-order valence-corrected chi connectivity index (χ1v) is 12.5. The molecule has 5 aromatic rings. The first kappa shape index (κ1) is 26.0. The number of nitrogens with zero attached hydrogens (tertiary/aromatic N) is 4. The van der Waals surface area contributed by atoms with E-state index in [-0.39, 0.29) is 18.4 Å². The van der Waals surface area contributed by atoms with E-state index in [2.05, 4.69) is 10.2 Å². The van der Waals surface area contributed by atoms with Crippen LogP contribution < -0.4 is 4.74 Å². The maximum atomic E-state index is 13.0. The summed E-state index contributed by atoms with van der Waals surface area (Å²) in [5, 5.41) is 14.7. The van der Waals surface area contributed by atoms with Crippen molar-refractivity contribution in [2.24, 2.45) is 0 Å². The van der Waals surface area contributed by atoms with Gasteiger partial charge in [-0.2, -0.15) is 17.7 Å². The summed E-state index contributed by atoms with van der Waals surface area (Å²) >= 11 is 12.3. The van der Waals surface area contributed by atoms with Gasteiger partial charge in [-0.3, -0.25) is 0 Å².